The number of fused-ring (bicyclic) bond motifs is 3. The summed E-state index contributed by atoms with van der Waals surface area (Å²) in [6, 6.07) is 4.65. The number of ether oxygens (including phenoxy) is 2. The van der Waals surface area contributed by atoms with Crippen LogP contribution < -0.4 is 60.9 Å². The van der Waals surface area contributed by atoms with Crippen molar-refractivity contribution in [3.8, 4) is 23.0 Å². The molecule has 4 heterocycles. The van der Waals surface area contributed by atoms with Gasteiger partial charge in [0.1, 0.15) is 21.5 Å². The Morgan fingerprint density at radius 3 is 2.86 bits per heavy atom. The minimum absolute atomic E-state index is 0. The van der Waals surface area contributed by atoms with Crippen molar-refractivity contribution in [3.63, 3.8) is 0 Å². The molecule has 0 N–H and O–H groups in total. The molecule has 0 amide bonds. The first-order valence-electron chi connectivity index (χ1n) is 8.23. The van der Waals surface area contributed by atoms with Crippen LogP contribution in [0.1, 0.15) is 13.0 Å². The van der Waals surface area contributed by atoms with Gasteiger partial charge in [0, 0.05) is 18.6 Å². The summed E-state index contributed by atoms with van der Waals surface area (Å²) in [5, 5.41) is 4.46. The summed E-state index contributed by atoms with van der Waals surface area (Å²) in [6.45, 7) is 2.37. The number of hydrogen-bond donors (Lipinski definition) is 0. The molecule has 0 radical (unpaired) electrons. The van der Waals surface area contributed by atoms with Gasteiger partial charge >= 0.3 is 51.4 Å². The molecule has 1 atom stereocenters. The molecule has 1 aliphatic heterocycles. The summed E-state index contributed by atoms with van der Waals surface area (Å²) < 4.78 is 42.0. The molecule has 0 spiro atoms. The number of halogens is 1. The van der Waals surface area contributed by atoms with E-state index >= 15 is 0 Å². The van der Waals surface area contributed by atoms with Crippen LogP contribution in [-0.4, -0.2) is 41.9 Å². The van der Waals surface area contributed by atoms with Gasteiger partial charge in [-0.3, -0.25) is 4.68 Å². The summed E-state index contributed by atoms with van der Waals surface area (Å²) in [5.41, 5.74) is 1.50. The first-order chi connectivity index (χ1) is 13.4. The largest absolute Gasteiger partial charge is 1.00 e. The number of pyridine rings is 2. The molecular formula is C17H15ClKN5O4S. The number of aromatic nitrogens is 4. The van der Waals surface area contributed by atoms with Crippen LogP contribution in [0.15, 0.2) is 41.7 Å². The van der Waals surface area contributed by atoms with Gasteiger partial charge in [0.05, 0.1) is 29.4 Å². The minimum atomic E-state index is -4.14. The summed E-state index contributed by atoms with van der Waals surface area (Å²) >= 11 is 5.89. The minimum Gasteiger partial charge on any atom is -0.571 e. The number of sulfonamides is 1. The molecule has 0 saturated carbocycles. The summed E-state index contributed by atoms with van der Waals surface area (Å²) in [5.74, 6) is 0.301. The van der Waals surface area contributed by atoms with Crippen LogP contribution in [0.25, 0.3) is 16.0 Å². The van der Waals surface area contributed by atoms with Crippen LogP contribution in [0, 0.1) is 0 Å². The van der Waals surface area contributed by atoms with E-state index in [-0.39, 0.29) is 78.9 Å². The molecule has 29 heavy (non-hydrogen) atoms. The fraction of sp³-hybridized carbons (Fsp3) is 0.235. The van der Waals surface area contributed by atoms with E-state index in [2.05, 4.69) is 19.8 Å². The van der Waals surface area contributed by atoms with Gasteiger partial charge in [-0.25, -0.2) is 18.4 Å². The number of rotatable bonds is 4. The first kappa shape index (κ1) is 22.5. The van der Waals surface area contributed by atoms with E-state index in [0.29, 0.717) is 18.1 Å². The average molecular weight is 460 g/mol. The number of nitrogens with zero attached hydrogens (tertiary/aromatic N) is 5. The Balaban J connectivity index is 0.00000240. The quantitative estimate of drug-likeness (QED) is 0.518. The van der Waals surface area contributed by atoms with Crippen molar-refractivity contribution < 1.29 is 69.3 Å². The zero-order chi connectivity index (χ0) is 19.9. The van der Waals surface area contributed by atoms with Crippen LogP contribution >= 0.6 is 11.6 Å². The molecule has 3 aromatic heterocycles. The predicted molar refractivity (Wildman–Crippen MR) is 102 cm³/mol. The molecular weight excluding hydrogens is 445 g/mol. The fourth-order valence-corrected chi connectivity index (χ4v) is 4.20. The topological polar surface area (TPSA) is 110 Å². The molecule has 0 bridgehead atoms. The van der Waals surface area contributed by atoms with Gasteiger partial charge < -0.3 is 14.2 Å². The van der Waals surface area contributed by atoms with Gasteiger partial charge in [-0.2, -0.15) is 5.10 Å². The summed E-state index contributed by atoms with van der Waals surface area (Å²) in [6.07, 6.45) is 4.30. The second kappa shape index (κ2) is 8.88. The van der Waals surface area contributed by atoms with Gasteiger partial charge in [0.2, 0.25) is 11.8 Å². The molecule has 0 aromatic carbocycles. The smallest absolute Gasteiger partial charge is 0.571 e. The Labute approximate surface area is 215 Å². The van der Waals surface area contributed by atoms with Gasteiger partial charge in [0.25, 0.3) is 0 Å². The molecule has 4 rings (SSSR count). The molecule has 12 heteroatoms. The van der Waals surface area contributed by atoms with Gasteiger partial charge in [-0.05, 0) is 19.1 Å². The Hall–Kier alpha value is -1.21. The SMILES string of the molecule is COc1ncc(Cl)cc1S(=O)(=O)[N-]c1cnc2c(c1)-c1ccnn1[C@@H](C)CO2.[K+]. The molecule has 3 aromatic rings. The third-order valence-corrected chi connectivity index (χ3v) is 5.65. The number of methoxy groups -OCH3 is 1. The van der Waals surface area contributed by atoms with Crippen molar-refractivity contribution in [1.29, 1.82) is 0 Å². The van der Waals surface area contributed by atoms with E-state index in [1.54, 1.807) is 16.9 Å². The van der Waals surface area contributed by atoms with E-state index in [0.717, 1.165) is 5.69 Å². The Bertz CT molecular complexity index is 1150. The maximum Gasteiger partial charge on any atom is 1.00 e. The molecule has 0 aliphatic carbocycles. The van der Waals surface area contributed by atoms with Gasteiger partial charge in [-0.1, -0.05) is 17.7 Å². The zero-order valence-electron chi connectivity index (χ0n) is 15.9. The van der Waals surface area contributed by atoms with E-state index in [1.165, 1.54) is 25.6 Å². The van der Waals surface area contributed by atoms with Crippen LogP contribution in [-0.2, 0) is 10.0 Å². The van der Waals surface area contributed by atoms with Crippen LogP contribution in [0.3, 0.4) is 0 Å². The maximum atomic E-state index is 12.8. The zero-order valence-corrected chi connectivity index (χ0v) is 20.6. The third kappa shape index (κ3) is 4.45. The second-order valence-electron chi connectivity index (χ2n) is 6.09. The third-order valence-electron chi connectivity index (χ3n) is 4.14. The van der Waals surface area contributed by atoms with Crippen molar-refractivity contribution in [3.05, 3.63) is 46.5 Å². The fourth-order valence-electron chi connectivity index (χ4n) is 2.87. The molecule has 146 valence electrons. The van der Waals surface area contributed by atoms with Crippen LogP contribution in [0.2, 0.25) is 5.02 Å². The van der Waals surface area contributed by atoms with E-state index in [1.807, 2.05) is 13.0 Å². The van der Waals surface area contributed by atoms with Crippen LogP contribution in [0.4, 0.5) is 5.69 Å². The predicted octanol–water partition coefficient (Wildman–Crippen LogP) is 0.354. The van der Waals surface area contributed by atoms with Gasteiger partial charge in [0.15, 0.2) is 0 Å². The molecule has 0 saturated heterocycles. The Kier molecular flexibility index (Phi) is 6.88. The number of hydrogen-bond acceptors (Lipinski definition) is 7. The standard InChI is InChI=1S/C17H15ClN5O4S.K/c1-10-9-27-16-13(14-3-4-21-23(10)14)6-12(8-20-16)22-28(24,25)15-5-11(18)7-19-17(15)26-2;/h3-8,10H,9H2,1-2H3;/q-1;+1/t10-;/m0./s1. The van der Waals surface area contributed by atoms with Crippen LogP contribution in [0.5, 0.6) is 11.8 Å². The maximum absolute atomic E-state index is 12.8. The molecule has 9 nitrogen and oxygen atoms in total. The summed E-state index contributed by atoms with van der Waals surface area (Å²) in [7, 11) is -2.82. The van der Waals surface area contributed by atoms with E-state index in [9.17, 15) is 8.42 Å². The molecule has 0 unspecified atom stereocenters. The molecule has 1 aliphatic rings. The average Bonchev–Trinajstić information content (AvgIpc) is 3.11. The van der Waals surface area contributed by atoms with E-state index in [4.69, 9.17) is 21.1 Å². The Morgan fingerprint density at radius 1 is 1.31 bits per heavy atom. The molecule has 0 fully saturated rings. The Morgan fingerprint density at radius 2 is 2.10 bits per heavy atom. The second-order valence-corrected chi connectivity index (χ2v) is 8.10. The van der Waals surface area contributed by atoms with E-state index < -0.39 is 10.0 Å². The van der Waals surface area contributed by atoms with Crippen molar-refractivity contribution in [2.75, 3.05) is 13.7 Å². The normalized spacial score (nSPS) is 15.2. The van der Waals surface area contributed by atoms with Crippen molar-refractivity contribution in [2.45, 2.75) is 17.9 Å². The first-order valence-corrected chi connectivity index (χ1v) is 10.0. The monoisotopic (exact) mass is 459 g/mol. The van der Waals surface area contributed by atoms with Crippen molar-refractivity contribution in [2.24, 2.45) is 0 Å². The van der Waals surface area contributed by atoms with Gasteiger partial charge in [-0.15, -0.1) is 5.69 Å². The van der Waals surface area contributed by atoms with Crippen molar-refractivity contribution in [1.82, 2.24) is 19.7 Å². The summed E-state index contributed by atoms with van der Waals surface area (Å²) in [4.78, 5) is 7.88. The van der Waals surface area contributed by atoms with Crippen molar-refractivity contribution >= 4 is 27.3 Å².